The second-order valence-electron chi connectivity index (χ2n) is 4.12. The monoisotopic (exact) mass is 241 g/mol. The fourth-order valence-corrected chi connectivity index (χ4v) is 1.74. The Morgan fingerprint density at radius 3 is 2.94 bits per heavy atom. The average Bonchev–Trinajstić information content (AvgIpc) is 3.05. The number of benzene rings is 1. The van der Waals surface area contributed by atoms with Gasteiger partial charge in [0.25, 0.3) is 0 Å². The highest BCUT2D eigenvalue weighted by Gasteiger charge is 2.21. The van der Waals surface area contributed by atoms with Crippen molar-refractivity contribution in [2.75, 3.05) is 13.1 Å². The van der Waals surface area contributed by atoms with Crippen molar-refractivity contribution in [2.45, 2.75) is 12.8 Å². The molecule has 0 aliphatic heterocycles. The van der Waals surface area contributed by atoms with Crippen molar-refractivity contribution in [3.05, 3.63) is 34.6 Å². The van der Waals surface area contributed by atoms with Crippen LogP contribution in [0.1, 0.15) is 23.2 Å². The molecule has 86 valence electrons. The lowest BCUT2D eigenvalue weighted by molar-refractivity contribution is 0.0990. The number of nitrogens with one attached hydrogen (secondary N) is 1. The second-order valence-corrected chi connectivity index (χ2v) is 4.53. The van der Waals surface area contributed by atoms with Gasteiger partial charge in [-0.1, -0.05) is 11.6 Å². The van der Waals surface area contributed by atoms with Crippen molar-refractivity contribution in [1.29, 1.82) is 0 Å². The molecule has 1 aromatic rings. The predicted octanol–water partition coefficient (Wildman–Crippen LogP) is 2.66. The quantitative estimate of drug-likeness (QED) is 0.803. The molecule has 0 aromatic heterocycles. The van der Waals surface area contributed by atoms with Crippen LogP contribution in [-0.2, 0) is 0 Å². The van der Waals surface area contributed by atoms with Crippen LogP contribution in [0, 0.1) is 11.7 Å². The first-order valence-corrected chi connectivity index (χ1v) is 5.73. The van der Waals surface area contributed by atoms with Crippen LogP contribution in [0.15, 0.2) is 18.2 Å². The lowest BCUT2D eigenvalue weighted by Crippen LogP contribution is -2.25. The third-order valence-electron chi connectivity index (χ3n) is 2.64. The zero-order chi connectivity index (χ0) is 11.5. The van der Waals surface area contributed by atoms with E-state index in [0.717, 1.165) is 12.5 Å². The van der Waals surface area contributed by atoms with Gasteiger partial charge in [-0.2, -0.15) is 0 Å². The van der Waals surface area contributed by atoms with Gasteiger partial charge in [0.15, 0.2) is 5.78 Å². The lowest BCUT2D eigenvalue weighted by atomic mass is 10.1. The fraction of sp³-hybridized carbons (Fsp3) is 0.417. The number of hydrogen-bond donors (Lipinski definition) is 1. The first-order valence-electron chi connectivity index (χ1n) is 5.36. The van der Waals surface area contributed by atoms with Gasteiger partial charge in [-0.25, -0.2) is 4.39 Å². The SMILES string of the molecule is O=C(CNCC1CC1)c1cc(F)ccc1Cl. The molecular formula is C12H13ClFNO. The fourth-order valence-electron chi connectivity index (χ4n) is 1.52. The highest BCUT2D eigenvalue weighted by Crippen LogP contribution is 2.27. The van der Waals surface area contributed by atoms with Gasteiger partial charge in [0.05, 0.1) is 11.6 Å². The molecule has 1 aliphatic rings. The Morgan fingerprint density at radius 2 is 2.25 bits per heavy atom. The van der Waals surface area contributed by atoms with E-state index in [9.17, 15) is 9.18 Å². The van der Waals surface area contributed by atoms with Gasteiger partial charge in [-0.3, -0.25) is 4.79 Å². The smallest absolute Gasteiger partial charge is 0.178 e. The number of carbonyl (C=O) groups excluding carboxylic acids is 1. The number of carbonyl (C=O) groups is 1. The third-order valence-corrected chi connectivity index (χ3v) is 2.97. The van der Waals surface area contributed by atoms with Gasteiger partial charge in [0, 0.05) is 5.56 Å². The summed E-state index contributed by atoms with van der Waals surface area (Å²) in [5, 5.41) is 3.37. The molecule has 1 saturated carbocycles. The lowest BCUT2D eigenvalue weighted by Gasteiger charge is -2.05. The molecule has 0 spiro atoms. The molecule has 1 aromatic carbocycles. The summed E-state index contributed by atoms with van der Waals surface area (Å²) in [5.74, 6) is 0.121. The second kappa shape index (κ2) is 4.93. The van der Waals surface area contributed by atoms with Crippen LogP contribution in [0.3, 0.4) is 0 Å². The number of Topliss-reactive ketones (excluding diaryl/α,β-unsaturated/α-hetero) is 1. The van der Waals surface area contributed by atoms with E-state index in [1.165, 1.54) is 31.0 Å². The molecule has 16 heavy (non-hydrogen) atoms. The summed E-state index contributed by atoms with van der Waals surface area (Å²) in [7, 11) is 0. The normalized spacial score (nSPS) is 15.1. The molecule has 0 atom stereocenters. The summed E-state index contributed by atoms with van der Waals surface area (Å²) >= 11 is 5.83. The minimum absolute atomic E-state index is 0.162. The zero-order valence-corrected chi connectivity index (χ0v) is 9.56. The van der Waals surface area contributed by atoms with Crippen LogP contribution in [0.5, 0.6) is 0 Å². The van der Waals surface area contributed by atoms with Gasteiger partial charge in [-0.05, 0) is 43.5 Å². The average molecular weight is 242 g/mol. The van der Waals surface area contributed by atoms with Crippen LogP contribution in [0.4, 0.5) is 4.39 Å². The summed E-state index contributed by atoms with van der Waals surface area (Å²) in [4.78, 5) is 11.7. The number of ketones is 1. The van der Waals surface area contributed by atoms with E-state index >= 15 is 0 Å². The maximum absolute atomic E-state index is 12.9. The summed E-state index contributed by atoms with van der Waals surface area (Å²) < 4.78 is 12.9. The highest BCUT2D eigenvalue weighted by molar-refractivity contribution is 6.34. The van der Waals surface area contributed by atoms with Gasteiger partial charge in [-0.15, -0.1) is 0 Å². The van der Waals surface area contributed by atoms with Crippen LogP contribution in [-0.4, -0.2) is 18.9 Å². The number of halogens is 2. The highest BCUT2D eigenvalue weighted by atomic mass is 35.5. The van der Waals surface area contributed by atoms with E-state index in [-0.39, 0.29) is 17.9 Å². The van der Waals surface area contributed by atoms with E-state index in [1.54, 1.807) is 0 Å². The summed E-state index contributed by atoms with van der Waals surface area (Å²) in [6.07, 6.45) is 2.48. The minimum atomic E-state index is -0.435. The molecule has 0 radical (unpaired) electrons. The van der Waals surface area contributed by atoms with Crippen molar-refractivity contribution in [2.24, 2.45) is 5.92 Å². The topological polar surface area (TPSA) is 29.1 Å². The Kier molecular flexibility index (Phi) is 3.56. The largest absolute Gasteiger partial charge is 0.309 e. The molecule has 1 N–H and O–H groups in total. The minimum Gasteiger partial charge on any atom is -0.309 e. The van der Waals surface area contributed by atoms with Crippen molar-refractivity contribution >= 4 is 17.4 Å². The van der Waals surface area contributed by atoms with E-state index in [4.69, 9.17) is 11.6 Å². The van der Waals surface area contributed by atoms with Gasteiger partial charge in [0.2, 0.25) is 0 Å². The van der Waals surface area contributed by atoms with Crippen LogP contribution < -0.4 is 5.32 Å². The standard InChI is InChI=1S/C12H13ClFNO/c13-11-4-3-9(14)5-10(11)12(16)7-15-6-8-1-2-8/h3-5,8,15H,1-2,6-7H2. The first kappa shape index (κ1) is 11.6. The van der Waals surface area contributed by atoms with Crippen molar-refractivity contribution < 1.29 is 9.18 Å². The molecule has 1 fully saturated rings. The van der Waals surface area contributed by atoms with Crippen LogP contribution in [0.25, 0.3) is 0 Å². The molecule has 0 amide bonds. The number of rotatable bonds is 5. The molecule has 1 aliphatic carbocycles. The molecule has 2 nitrogen and oxygen atoms in total. The molecule has 0 bridgehead atoms. The predicted molar refractivity (Wildman–Crippen MR) is 61.3 cm³/mol. The summed E-state index contributed by atoms with van der Waals surface area (Å²) in [6, 6.07) is 3.84. The molecule has 0 saturated heterocycles. The maximum atomic E-state index is 12.9. The van der Waals surface area contributed by atoms with E-state index in [0.29, 0.717) is 5.02 Å². The Labute approximate surface area is 98.8 Å². The van der Waals surface area contributed by atoms with Gasteiger partial charge >= 0.3 is 0 Å². The first-order chi connectivity index (χ1) is 7.66. The van der Waals surface area contributed by atoms with Crippen LogP contribution in [0.2, 0.25) is 5.02 Å². The molecule has 2 rings (SSSR count). The zero-order valence-electron chi connectivity index (χ0n) is 8.80. The Morgan fingerprint density at radius 1 is 1.50 bits per heavy atom. The van der Waals surface area contributed by atoms with Crippen molar-refractivity contribution in [3.8, 4) is 0 Å². The Bertz CT molecular complexity index is 404. The van der Waals surface area contributed by atoms with Gasteiger partial charge < -0.3 is 5.32 Å². The molecular weight excluding hydrogens is 229 g/mol. The molecule has 0 unspecified atom stereocenters. The maximum Gasteiger partial charge on any atom is 0.178 e. The van der Waals surface area contributed by atoms with E-state index in [2.05, 4.69) is 5.32 Å². The van der Waals surface area contributed by atoms with E-state index in [1.807, 2.05) is 0 Å². The summed E-state index contributed by atoms with van der Waals surface area (Å²) in [6.45, 7) is 1.08. The summed E-state index contributed by atoms with van der Waals surface area (Å²) in [5.41, 5.74) is 0.255. The Hall–Kier alpha value is -0.930. The molecule has 4 heteroatoms. The Balaban J connectivity index is 1.93. The third kappa shape index (κ3) is 3.03. The van der Waals surface area contributed by atoms with Crippen LogP contribution >= 0.6 is 11.6 Å². The van der Waals surface area contributed by atoms with Gasteiger partial charge in [0.1, 0.15) is 5.82 Å². The number of hydrogen-bond acceptors (Lipinski definition) is 2. The van der Waals surface area contributed by atoms with E-state index < -0.39 is 5.82 Å². The van der Waals surface area contributed by atoms with Crippen molar-refractivity contribution in [3.63, 3.8) is 0 Å². The van der Waals surface area contributed by atoms with Crippen molar-refractivity contribution in [1.82, 2.24) is 5.32 Å². The molecule has 0 heterocycles.